The van der Waals surface area contributed by atoms with Crippen LogP contribution in [0.2, 0.25) is 0 Å². The third-order valence-electron chi connectivity index (χ3n) is 4.30. The third-order valence-corrected chi connectivity index (χ3v) is 4.30. The Kier molecular flexibility index (Phi) is 4.74. The largest absolute Gasteiger partial charge is 0.479 e. The number of anilines is 2. The number of amides is 2. The molecule has 2 aromatic carbocycles. The number of nitrogens with zero attached hydrogens (tertiary/aromatic N) is 1. The highest BCUT2D eigenvalue weighted by Crippen LogP contribution is 2.34. The lowest BCUT2D eigenvalue weighted by atomic mass is 10.1. The summed E-state index contributed by atoms with van der Waals surface area (Å²) in [5, 5.41) is 2.92. The van der Waals surface area contributed by atoms with Gasteiger partial charge in [-0.05, 0) is 49.6 Å². The lowest BCUT2D eigenvalue weighted by molar-refractivity contribution is -0.127. The number of rotatable bonds is 4. The van der Waals surface area contributed by atoms with Gasteiger partial charge in [0.2, 0.25) is 5.91 Å². The first-order chi connectivity index (χ1) is 12.0. The molecule has 130 valence electrons. The number of carbonyl (C=O) groups is 2. The number of fused-ring (bicyclic) bond motifs is 1. The molecule has 5 heteroatoms. The van der Waals surface area contributed by atoms with Gasteiger partial charge in [-0.3, -0.25) is 14.5 Å². The van der Waals surface area contributed by atoms with Crippen LogP contribution < -0.4 is 15.0 Å². The van der Waals surface area contributed by atoms with Crippen LogP contribution in [0.4, 0.5) is 11.4 Å². The SMILES string of the molecule is CCc1ccccc1NC(=O)CN1C(=O)C(C)Oc2ccc(C)cc21. The lowest BCUT2D eigenvalue weighted by Gasteiger charge is -2.32. The van der Waals surface area contributed by atoms with Crippen molar-refractivity contribution in [3.63, 3.8) is 0 Å². The Morgan fingerprint density at radius 1 is 1.24 bits per heavy atom. The molecule has 1 unspecified atom stereocenters. The molecule has 0 bridgehead atoms. The van der Waals surface area contributed by atoms with Crippen LogP contribution in [0.3, 0.4) is 0 Å². The zero-order valence-corrected chi connectivity index (χ0v) is 14.7. The zero-order chi connectivity index (χ0) is 18.0. The molecular weight excluding hydrogens is 316 g/mol. The average Bonchev–Trinajstić information content (AvgIpc) is 2.60. The number of benzene rings is 2. The summed E-state index contributed by atoms with van der Waals surface area (Å²) in [7, 11) is 0. The predicted molar refractivity (Wildman–Crippen MR) is 98.1 cm³/mol. The number of para-hydroxylation sites is 1. The van der Waals surface area contributed by atoms with E-state index in [0.717, 1.165) is 23.2 Å². The minimum absolute atomic E-state index is 0.0406. The number of aryl methyl sites for hydroxylation is 2. The highest BCUT2D eigenvalue weighted by molar-refractivity contribution is 6.06. The van der Waals surface area contributed by atoms with Crippen LogP contribution in [0.15, 0.2) is 42.5 Å². The maximum Gasteiger partial charge on any atom is 0.268 e. The van der Waals surface area contributed by atoms with Crippen molar-refractivity contribution in [3.8, 4) is 5.75 Å². The molecule has 0 aliphatic carbocycles. The van der Waals surface area contributed by atoms with Gasteiger partial charge >= 0.3 is 0 Å². The van der Waals surface area contributed by atoms with Gasteiger partial charge in [-0.1, -0.05) is 31.2 Å². The summed E-state index contributed by atoms with van der Waals surface area (Å²) in [5.41, 5.74) is 3.50. The van der Waals surface area contributed by atoms with Gasteiger partial charge in [-0.15, -0.1) is 0 Å². The van der Waals surface area contributed by atoms with E-state index in [1.54, 1.807) is 6.92 Å². The fourth-order valence-corrected chi connectivity index (χ4v) is 2.96. The minimum Gasteiger partial charge on any atom is -0.479 e. The van der Waals surface area contributed by atoms with Gasteiger partial charge in [-0.25, -0.2) is 0 Å². The summed E-state index contributed by atoms with van der Waals surface area (Å²) in [4.78, 5) is 26.6. The molecular formula is C20H22N2O3. The van der Waals surface area contributed by atoms with Crippen LogP contribution in [0.5, 0.6) is 5.75 Å². The van der Waals surface area contributed by atoms with Crippen LogP contribution >= 0.6 is 0 Å². The molecule has 2 amide bonds. The lowest BCUT2D eigenvalue weighted by Crippen LogP contribution is -2.47. The van der Waals surface area contributed by atoms with E-state index >= 15 is 0 Å². The van der Waals surface area contributed by atoms with E-state index in [0.29, 0.717) is 11.4 Å². The summed E-state index contributed by atoms with van der Waals surface area (Å²) >= 11 is 0. The Morgan fingerprint density at radius 2 is 2.00 bits per heavy atom. The molecule has 2 aromatic rings. The summed E-state index contributed by atoms with van der Waals surface area (Å²) in [6.07, 6.45) is 0.220. The number of carbonyl (C=O) groups excluding carboxylic acids is 2. The predicted octanol–water partition coefficient (Wildman–Crippen LogP) is 3.31. The molecule has 3 rings (SSSR count). The number of nitrogens with one attached hydrogen (secondary N) is 1. The molecule has 1 aliphatic heterocycles. The first-order valence-electron chi connectivity index (χ1n) is 8.46. The Balaban J connectivity index is 1.83. The molecule has 0 fully saturated rings. The van der Waals surface area contributed by atoms with Gasteiger partial charge in [0.25, 0.3) is 5.91 Å². The van der Waals surface area contributed by atoms with Gasteiger partial charge in [0.05, 0.1) is 5.69 Å². The second-order valence-corrected chi connectivity index (χ2v) is 6.21. The summed E-state index contributed by atoms with van der Waals surface area (Å²) in [5.74, 6) is 0.187. The molecule has 1 aliphatic rings. The second kappa shape index (κ2) is 6.97. The van der Waals surface area contributed by atoms with E-state index in [4.69, 9.17) is 4.74 Å². The first-order valence-corrected chi connectivity index (χ1v) is 8.46. The van der Waals surface area contributed by atoms with Crippen LogP contribution in [0.1, 0.15) is 25.0 Å². The minimum atomic E-state index is -0.606. The quantitative estimate of drug-likeness (QED) is 0.930. The number of hydrogen-bond donors (Lipinski definition) is 1. The van der Waals surface area contributed by atoms with Crippen molar-refractivity contribution in [1.82, 2.24) is 0 Å². The Hall–Kier alpha value is -2.82. The fourth-order valence-electron chi connectivity index (χ4n) is 2.96. The zero-order valence-electron chi connectivity index (χ0n) is 14.7. The summed E-state index contributed by atoms with van der Waals surface area (Å²) < 4.78 is 5.64. The van der Waals surface area contributed by atoms with Crippen molar-refractivity contribution < 1.29 is 14.3 Å². The Morgan fingerprint density at radius 3 is 2.76 bits per heavy atom. The third kappa shape index (κ3) is 3.50. The average molecular weight is 338 g/mol. The standard InChI is InChI=1S/C20H22N2O3/c1-4-15-7-5-6-8-16(15)21-19(23)12-22-17-11-13(2)9-10-18(17)25-14(3)20(22)24/h5-11,14H,4,12H2,1-3H3,(H,21,23). The van der Waals surface area contributed by atoms with Crippen molar-refractivity contribution in [2.75, 3.05) is 16.8 Å². The number of hydrogen-bond acceptors (Lipinski definition) is 3. The van der Waals surface area contributed by atoms with E-state index in [1.165, 1.54) is 4.90 Å². The molecule has 5 nitrogen and oxygen atoms in total. The molecule has 0 spiro atoms. The molecule has 1 heterocycles. The fraction of sp³-hybridized carbons (Fsp3) is 0.300. The molecule has 0 aromatic heterocycles. The van der Waals surface area contributed by atoms with Crippen molar-refractivity contribution in [2.45, 2.75) is 33.3 Å². The van der Waals surface area contributed by atoms with Crippen LogP contribution in [0, 0.1) is 6.92 Å². The monoisotopic (exact) mass is 338 g/mol. The topological polar surface area (TPSA) is 58.6 Å². The smallest absolute Gasteiger partial charge is 0.268 e. The molecule has 0 saturated carbocycles. The van der Waals surface area contributed by atoms with Crippen molar-refractivity contribution in [3.05, 3.63) is 53.6 Å². The molecule has 0 saturated heterocycles. The van der Waals surface area contributed by atoms with Gasteiger partial charge in [-0.2, -0.15) is 0 Å². The molecule has 0 radical (unpaired) electrons. The highest BCUT2D eigenvalue weighted by atomic mass is 16.5. The highest BCUT2D eigenvalue weighted by Gasteiger charge is 2.32. The van der Waals surface area contributed by atoms with Gasteiger partial charge in [0, 0.05) is 5.69 Å². The normalized spacial score (nSPS) is 16.2. The van der Waals surface area contributed by atoms with Gasteiger partial charge in [0.15, 0.2) is 6.10 Å². The van der Waals surface area contributed by atoms with E-state index in [1.807, 2.05) is 56.3 Å². The van der Waals surface area contributed by atoms with E-state index in [-0.39, 0.29) is 18.4 Å². The molecule has 25 heavy (non-hydrogen) atoms. The first kappa shape index (κ1) is 17.0. The van der Waals surface area contributed by atoms with Crippen LogP contribution in [0.25, 0.3) is 0 Å². The summed E-state index contributed by atoms with van der Waals surface area (Å²) in [6.45, 7) is 5.64. The Bertz CT molecular complexity index is 816. The maximum atomic E-state index is 12.5. The number of ether oxygens (including phenoxy) is 1. The van der Waals surface area contributed by atoms with Gasteiger partial charge < -0.3 is 10.1 Å². The van der Waals surface area contributed by atoms with Crippen molar-refractivity contribution in [1.29, 1.82) is 0 Å². The van der Waals surface area contributed by atoms with Gasteiger partial charge in [0.1, 0.15) is 12.3 Å². The van der Waals surface area contributed by atoms with E-state index in [9.17, 15) is 9.59 Å². The second-order valence-electron chi connectivity index (χ2n) is 6.21. The summed E-state index contributed by atoms with van der Waals surface area (Å²) in [6, 6.07) is 13.3. The Labute approximate surface area is 147 Å². The van der Waals surface area contributed by atoms with Crippen molar-refractivity contribution in [2.24, 2.45) is 0 Å². The van der Waals surface area contributed by atoms with Crippen LogP contribution in [-0.2, 0) is 16.0 Å². The van der Waals surface area contributed by atoms with Crippen molar-refractivity contribution >= 4 is 23.2 Å². The molecule has 1 N–H and O–H groups in total. The van der Waals surface area contributed by atoms with Crippen LogP contribution in [-0.4, -0.2) is 24.5 Å². The molecule has 1 atom stereocenters. The maximum absolute atomic E-state index is 12.5. The van der Waals surface area contributed by atoms with E-state index < -0.39 is 6.10 Å². The van der Waals surface area contributed by atoms with E-state index in [2.05, 4.69) is 5.32 Å².